The normalized spacial score (nSPS) is 16.0. The second-order valence-corrected chi connectivity index (χ2v) is 4.66. The molecule has 1 aromatic rings. The van der Waals surface area contributed by atoms with E-state index in [4.69, 9.17) is 0 Å². The van der Waals surface area contributed by atoms with Crippen molar-refractivity contribution in [2.75, 3.05) is 0 Å². The predicted octanol–water partition coefficient (Wildman–Crippen LogP) is 4.96. The molecule has 0 bridgehead atoms. The third kappa shape index (κ3) is 2.74. The van der Waals surface area contributed by atoms with Gasteiger partial charge in [0.25, 0.3) is 0 Å². The lowest BCUT2D eigenvalue weighted by Crippen LogP contribution is -1.88. The number of hydrogen-bond acceptors (Lipinski definition) is 0. The molecule has 2 aliphatic carbocycles. The third-order valence-electron chi connectivity index (χ3n) is 3.31. The van der Waals surface area contributed by atoms with Gasteiger partial charge in [-0.1, -0.05) is 79.0 Å². The molecular formula is C19H16. The molecule has 19 heavy (non-hydrogen) atoms. The lowest BCUT2D eigenvalue weighted by molar-refractivity contribution is 1.30. The third-order valence-corrected chi connectivity index (χ3v) is 3.31. The molecule has 0 heterocycles. The Labute approximate surface area is 114 Å². The van der Waals surface area contributed by atoms with E-state index < -0.39 is 0 Å². The first kappa shape index (κ1) is 11.7. The molecule has 92 valence electrons. The highest BCUT2D eigenvalue weighted by atomic mass is 14.1. The van der Waals surface area contributed by atoms with Crippen molar-refractivity contribution in [2.24, 2.45) is 0 Å². The van der Waals surface area contributed by atoms with Crippen LogP contribution in [0.3, 0.4) is 0 Å². The fourth-order valence-corrected chi connectivity index (χ4v) is 2.33. The summed E-state index contributed by atoms with van der Waals surface area (Å²) in [5, 5.41) is 0. The minimum atomic E-state index is 1.05. The molecule has 0 saturated carbocycles. The fourth-order valence-electron chi connectivity index (χ4n) is 2.33. The van der Waals surface area contributed by atoms with Gasteiger partial charge in [0.1, 0.15) is 0 Å². The molecule has 0 radical (unpaired) electrons. The number of hydrogen-bond donors (Lipinski definition) is 0. The van der Waals surface area contributed by atoms with Crippen molar-refractivity contribution in [1.29, 1.82) is 0 Å². The molecule has 0 heteroatoms. The van der Waals surface area contributed by atoms with Crippen molar-refractivity contribution in [1.82, 2.24) is 0 Å². The van der Waals surface area contributed by atoms with Gasteiger partial charge in [0.2, 0.25) is 0 Å². The van der Waals surface area contributed by atoms with Crippen LogP contribution in [0, 0.1) is 0 Å². The summed E-state index contributed by atoms with van der Waals surface area (Å²) in [6.45, 7) is 0. The summed E-state index contributed by atoms with van der Waals surface area (Å²) in [6.07, 6.45) is 26.3. The molecule has 0 amide bonds. The highest BCUT2D eigenvalue weighted by Gasteiger charge is 2.07. The van der Waals surface area contributed by atoms with E-state index in [0.717, 1.165) is 6.42 Å². The number of rotatable bonds is 0. The van der Waals surface area contributed by atoms with Gasteiger partial charge in [0, 0.05) is 0 Å². The minimum absolute atomic E-state index is 1.05. The van der Waals surface area contributed by atoms with Gasteiger partial charge in [0.05, 0.1) is 0 Å². The van der Waals surface area contributed by atoms with Crippen molar-refractivity contribution in [2.45, 2.75) is 6.42 Å². The first-order valence-electron chi connectivity index (χ1n) is 6.62. The molecule has 0 saturated heterocycles. The predicted molar refractivity (Wildman–Crippen MR) is 84.7 cm³/mol. The highest BCUT2D eigenvalue weighted by Crippen LogP contribution is 2.25. The molecule has 3 rings (SSSR count). The Hall–Kier alpha value is -2.34. The van der Waals surface area contributed by atoms with Crippen LogP contribution in [0.4, 0.5) is 0 Å². The molecule has 0 unspecified atom stereocenters. The van der Waals surface area contributed by atoms with E-state index in [1.807, 2.05) is 24.3 Å². The first-order valence-corrected chi connectivity index (χ1v) is 6.62. The summed E-state index contributed by atoms with van der Waals surface area (Å²) in [4.78, 5) is 0. The summed E-state index contributed by atoms with van der Waals surface area (Å²) in [5.41, 5.74) is 5.32. The molecule has 0 atom stereocenters. The van der Waals surface area contributed by atoms with Crippen molar-refractivity contribution in [3.05, 3.63) is 89.1 Å². The Kier molecular flexibility index (Phi) is 3.42. The minimum Gasteiger partial charge on any atom is -0.0795 e. The molecule has 0 aliphatic heterocycles. The zero-order valence-electron chi connectivity index (χ0n) is 10.8. The van der Waals surface area contributed by atoms with Crippen LogP contribution >= 0.6 is 0 Å². The molecule has 0 N–H and O–H groups in total. The topological polar surface area (TPSA) is 0 Å². The zero-order chi connectivity index (χ0) is 12.9. The Balaban J connectivity index is 2.07. The molecule has 2 aliphatic rings. The van der Waals surface area contributed by atoms with Crippen LogP contribution < -0.4 is 0 Å². The fraction of sp³-hybridized carbons (Fsp3) is 0.0526. The van der Waals surface area contributed by atoms with Gasteiger partial charge >= 0.3 is 0 Å². The molecule has 0 spiro atoms. The van der Waals surface area contributed by atoms with Gasteiger partial charge in [-0.2, -0.15) is 0 Å². The smallest absolute Gasteiger partial charge is 0.00880 e. The second-order valence-electron chi connectivity index (χ2n) is 4.66. The molecule has 1 aromatic carbocycles. The SMILES string of the molecule is C1=CC=CC=Cc2cc3c(cc2C=CC=C1)C=CC3. The maximum Gasteiger partial charge on any atom is -0.00880 e. The van der Waals surface area contributed by atoms with E-state index in [0.29, 0.717) is 0 Å². The maximum absolute atomic E-state index is 2.30. The monoisotopic (exact) mass is 244 g/mol. The largest absolute Gasteiger partial charge is 0.0795 e. The van der Waals surface area contributed by atoms with Crippen LogP contribution in [0.2, 0.25) is 0 Å². The van der Waals surface area contributed by atoms with E-state index >= 15 is 0 Å². The van der Waals surface area contributed by atoms with Gasteiger partial charge in [-0.05, 0) is 34.7 Å². The Morgan fingerprint density at radius 3 is 1.79 bits per heavy atom. The summed E-state index contributed by atoms with van der Waals surface area (Å²) in [6, 6.07) is 4.57. The zero-order valence-corrected chi connectivity index (χ0v) is 10.8. The van der Waals surface area contributed by atoms with Crippen molar-refractivity contribution < 1.29 is 0 Å². The van der Waals surface area contributed by atoms with Gasteiger partial charge in [-0.15, -0.1) is 0 Å². The van der Waals surface area contributed by atoms with Gasteiger partial charge in [-0.3, -0.25) is 0 Å². The van der Waals surface area contributed by atoms with Crippen molar-refractivity contribution >= 4 is 18.2 Å². The van der Waals surface area contributed by atoms with Gasteiger partial charge < -0.3 is 0 Å². The lowest BCUT2D eigenvalue weighted by atomic mass is 9.98. The van der Waals surface area contributed by atoms with Crippen LogP contribution in [0.1, 0.15) is 22.3 Å². The van der Waals surface area contributed by atoms with Crippen LogP contribution in [0.5, 0.6) is 0 Å². The molecule has 0 fully saturated rings. The van der Waals surface area contributed by atoms with E-state index in [-0.39, 0.29) is 0 Å². The van der Waals surface area contributed by atoms with Crippen LogP contribution in [0.15, 0.2) is 66.8 Å². The lowest BCUT2D eigenvalue weighted by Gasteiger charge is -2.06. The molecular weight excluding hydrogens is 228 g/mol. The van der Waals surface area contributed by atoms with E-state index in [1.165, 1.54) is 22.3 Å². The van der Waals surface area contributed by atoms with Crippen molar-refractivity contribution in [3.63, 3.8) is 0 Å². The summed E-state index contributed by atoms with van der Waals surface area (Å²) in [5.74, 6) is 0. The molecule has 0 aromatic heterocycles. The summed E-state index contributed by atoms with van der Waals surface area (Å²) < 4.78 is 0. The Bertz CT molecular complexity index is 647. The number of fused-ring (bicyclic) bond motifs is 2. The van der Waals surface area contributed by atoms with Crippen LogP contribution in [0.25, 0.3) is 18.2 Å². The Morgan fingerprint density at radius 1 is 0.526 bits per heavy atom. The standard InChI is InChI=1S/C19H16/c1-2-4-6-8-11-17-15-19-13-9-12-18(19)14-16(17)10-7-5-3-1/h1-12,14-15H,13H2. The number of benzene rings is 1. The maximum atomic E-state index is 2.30. The molecule has 0 nitrogen and oxygen atoms in total. The summed E-state index contributed by atoms with van der Waals surface area (Å²) >= 11 is 0. The van der Waals surface area contributed by atoms with Gasteiger partial charge in [0.15, 0.2) is 0 Å². The van der Waals surface area contributed by atoms with Gasteiger partial charge in [-0.25, -0.2) is 0 Å². The summed E-state index contributed by atoms with van der Waals surface area (Å²) in [7, 11) is 0. The Morgan fingerprint density at radius 2 is 1.11 bits per heavy atom. The highest BCUT2D eigenvalue weighted by molar-refractivity contribution is 5.73. The van der Waals surface area contributed by atoms with E-state index in [9.17, 15) is 0 Å². The second kappa shape index (κ2) is 5.53. The van der Waals surface area contributed by atoms with Crippen LogP contribution in [-0.4, -0.2) is 0 Å². The average molecular weight is 244 g/mol. The number of allylic oxidation sites excluding steroid dienone is 9. The quantitative estimate of drug-likeness (QED) is 0.604. The van der Waals surface area contributed by atoms with Crippen LogP contribution in [-0.2, 0) is 6.42 Å². The first-order chi connectivity index (χ1) is 9.43. The van der Waals surface area contributed by atoms with E-state index in [2.05, 4.69) is 60.7 Å². The average Bonchev–Trinajstić information content (AvgIpc) is 2.85. The van der Waals surface area contributed by atoms with E-state index in [1.54, 1.807) is 0 Å². The van der Waals surface area contributed by atoms with Crippen molar-refractivity contribution in [3.8, 4) is 0 Å².